The van der Waals surface area contributed by atoms with Gasteiger partial charge in [-0.15, -0.1) is 0 Å². The maximum absolute atomic E-state index is 4.08. The van der Waals surface area contributed by atoms with E-state index in [0.29, 0.717) is 11.8 Å². The smallest absolute Gasteiger partial charge is 0.00256 e. The Bertz CT molecular complexity index is 268. The van der Waals surface area contributed by atoms with Crippen molar-refractivity contribution in [3.05, 3.63) is 36.0 Å². The van der Waals surface area contributed by atoms with E-state index in [0.717, 1.165) is 0 Å². The standard InChI is InChI=1S/C15H24/c1-12(2)15-10-8-13(3)6-5-7-14(4)9-11-15/h6,9,11,14-15H,1,5,7-8,10H2,2-4H3/b11-9+,13-6+/t14-,15-/m1/s1. The van der Waals surface area contributed by atoms with Crippen molar-refractivity contribution in [3.63, 3.8) is 0 Å². The predicted octanol–water partition coefficient (Wildman–Crippen LogP) is 4.89. The van der Waals surface area contributed by atoms with Gasteiger partial charge in [0.2, 0.25) is 0 Å². The van der Waals surface area contributed by atoms with Gasteiger partial charge in [-0.2, -0.15) is 0 Å². The molecule has 2 atom stereocenters. The summed E-state index contributed by atoms with van der Waals surface area (Å²) >= 11 is 0. The van der Waals surface area contributed by atoms with E-state index in [9.17, 15) is 0 Å². The molecule has 0 heteroatoms. The molecule has 15 heavy (non-hydrogen) atoms. The largest absolute Gasteiger partial charge is 0.0995 e. The first-order valence-corrected chi connectivity index (χ1v) is 6.09. The van der Waals surface area contributed by atoms with E-state index in [4.69, 9.17) is 0 Å². The van der Waals surface area contributed by atoms with Crippen LogP contribution >= 0.6 is 0 Å². The molecule has 0 spiro atoms. The van der Waals surface area contributed by atoms with E-state index < -0.39 is 0 Å². The lowest BCUT2D eigenvalue weighted by Crippen LogP contribution is -2.01. The van der Waals surface area contributed by atoms with Gasteiger partial charge in [0.1, 0.15) is 0 Å². The van der Waals surface area contributed by atoms with Crippen LogP contribution in [0, 0.1) is 11.8 Å². The third-order valence-corrected chi connectivity index (χ3v) is 3.27. The second kappa shape index (κ2) is 5.95. The van der Waals surface area contributed by atoms with E-state index in [2.05, 4.69) is 45.6 Å². The molecule has 0 saturated carbocycles. The molecule has 0 nitrogen and oxygen atoms in total. The van der Waals surface area contributed by atoms with Crippen molar-refractivity contribution in [2.45, 2.75) is 46.5 Å². The molecule has 0 aliphatic heterocycles. The highest BCUT2D eigenvalue weighted by atomic mass is 14.1. The Kier molecular flexibility index (Phi) is 4.87. The van der Waals surface area contributed by atoms with Gasteiger partial charge in [-0.3, -0.25) is 0 Å². The van der Waals surface area contributed by atoms with Crippen molar-refractivity contribution in [2.75, 3.05) is 0 Å². The summed E-state index contributed by atoms with van der Waals surface area (Å²) in [4.78, 5) is 0. The van der Waals surface area contributed by atoms with Crippen LogP contribution in [0.5, 0.6) is 0 Å². The summed E-state index contributed by atoms with van der Waals surface area (Å²) in [6, 6.07) is 0. The quantitative estimate of drug-likeness (QED) is 0.533. The van der Waals surface area contributed by atoms with Gasteiger partial charge in [-0.05, 0) is 51.4 Å². The fourth-order valence-electron chi connectivity index (χ4n) is 2.00. The van der Waals surface area contributed by atoms with Gasteiger partial charge in [0, 0.05) is 0 Å². The van der Waals surface area contributed by atoms with Gasteiger partial charge in [0.25, 0.3) is 0 Å². The topological polar surface area (TPSA) is 0 Å². The molecule has 0 aromatic heterocycles. The number of rotatable bonds is 1. The average molecular weight is 204 g/mol. The molecular formula is C15H24. The van der Waals surface area contributed by atoms with Crippen LogP contribution in [0.3, 0.4) is 0 Å². The molecule has 1 aliphatic rings. The van der Waals surface area contributed by atoms with Gasteiger partial charge in [-0.25, -0.2) is 0 Å². The van der Waals surface area contributed by atoms with Crippen molar-refractivity contribution in [1.29, 1.82) is 0 Å². The number of allylic oxidation sites excluding steroid dienone is 5. The molecule has 0 unspecified atom stereocenters. The van der Waals surface area contributed by atoms with Crippen LogP contribution in [-0.4, -0.2) is 0 Å². The lowest BCUT2D eigenvalue weighted by atomic mass is 9.90. The zero-order chi connectivity index (χ0) is 11.3. The van der Waals surface area contributed by atoms with Crippen LogP contribution < -0.4 is 0 Å². The molecule has 1 rings (SSSR count). The number of hydrogen-bond donors (Lipinski definition) is 0. The highest BCUT2D eigenvalue weighted by Gasteiger charge is 2.08. The molecule has 0 heterocycles. The summed E-state index contributed by atoms with van der Waals surface area (Å²) in [7, 11) is 0. The zero-order valence-corrected chi connectivity index (χ0v) is 10.4. The van der Waals surface area contributed by atoms with Gasteiger partial charge in [-0.1, -0.05) is 42.9 Å². The third kappa shape index (κ3) is 4.51. The van der Waals surface area contributed by atoms with Crippen LogP contribution in [0.1, 0.15) is 46.5 Å². The zero-order valence-electron chi connectivity index (χ0n) is 10.4. The summed E-state index contributed by atoms with van der Waals surface area (Å²) in [5.74, 6) is 1.28. The lowest BCUT2D eigenvalue weighted by molar-refractivity contribution is 0.616. The first-order chi connectivity index (χ1) is 7.09. The van der Waals surface area contributed by atoms with Crippen molar-refractivity contribution in [2.24, 2.45) is 11.8 Å². The Morgan fingerprint density at radius 2 is 2.07 bits per heavy atom. The Labute approximate surface area is 94.8 Å². The van der Waals surface area contributed by atoms with Crippen LogP contribution in [0.15, 0.2) is 36.0 Å². The van der Waals surface area contributed by atoms with Crippen LogP contribution in [0.2, 0.25) is 0 Å². The molecular weight excluding hydrogens is 180 g/mol. The number of hydrogen-bond acceptors (Lipinski definition) is 0. The van der Waals surface area contributed by atoms with E-state index in [1.54, 1.807) is 5.57 Å². The van der Waals surface area contributed by atoms with Crippen molar-refractivity contribution >= 4 is 0 Å². The fourth-order valence-corrected chi connectivity index (χ4v) is 2.00. The Morgan fingerprint density at radius 3 is 2.73 bits per heavy atom. The van der Waals surface area contributed by atoms with Crippen LogP contribution in [0.4, 0.5) is 0 Å². The van der Waals surface area contributed by atoms with Crippen molar-refractivity contribution < 1.29 is 0 Å². The van der Waals surface area contributed by atoms with Gasteiger partial charge >= 0.3 is 0 Å². The Balaban J connectivity index is 2.70. The van der Waals surface area contributed by atoms with Crippen molar-refractivity contribution in [1.82, 2.24) is 0 Å². The Morgan fingerprint density at radius 1 is 1.33 bits per heavy atom. The van der Waals surface area contributed by atoms with Crippen LogP contribution in [-0.2, 0) is 0 Å². The van der Waals surface area contributed by atoms with Crippen molar-refractivity contribution in [3.8, 4) is 0 Å². The summed E-state index contributed by atoms with van der Waals surface area (Å²) in [6.07, 6.45) is 12.1. The molecule has 0 radical (unpaired) electrons. The maximum atomic E-state index is 4.08. The molecule has 0 fully saturated rings. The highest BCUT2D eigenvalue weighted by molar-refractivity contribution is 5.10. The van der Waals surface area contributed by atoms with Gasteiger partial charge in [0.15, 0.2) is 0 Å². The first kappa shape index (κ1) is 12.3. The second-order valence-corrected chi connectivity index (χ2v) is 4.98. The molecule has 0 aromatic carbocycles. The lowest BCUT2D eigenvalue weighted by Gasteiger charge is -2.16. The molecule has 0 aromatic rings. The Hall–Kier alpha value is -0.780. The molecule has 0 amide bonds. The molecule has 84 valence electrons. The fraction of sp³-hybridized carbons (Fsp3) is 0.600. The average Bonchev–Trinajstić information content (AvgIpc) is 2.16. The molecule has 0 saturated heterocycles. The monoisotopic (exact) mass is 204 g/mol. The third-order valence-electron chi connectivity index (χ3n) is 3.27. The van der Waals surface area contributed by atoms with E-state index in [-0.39, 0.29) is 0 Å². The minimum Gasteiger partial charge on any atom is -0.0995 e. The minimum atomic E-state index is 0.578. The summed E-state index contributed by atoms with van der Waals surface area (Å²) in [5, 5.41) is 0. The van der Waals surface area contributed by atoms with E-state index >= 15 is 0 Å². The molecule has 0 N–H and O–H groups in total. The molecule has 0 bridgehead atoms. The molecule has 1 aliphatic carbocycles. The normalized spacial score (nSPS) is 33.9. The maximum Gasteiger partial charge on any atom is -0.00256 e. The SMILES string of the molecule is C=C(C)[C@H]1/C=C/[C@H](C)CC/C=C(\C)CC1. The van der Waals surface area contributed by atoms with Gasteiger partial charge < -0.3 is 0 Å². The first-order valence-electron chi connectivity index (χ1n) is 6.09. The predicted molar refractivity (Wildman–Crippen MR) is 68.8 cm³/mol. The van der Waals surface area contributed by atoms with E-state index in [1.807, 2.05) is 0 Å². The minimum absolute atomic E-state index is 0.578. The van der Waals surface area contributed by atoms with Gasteiger partial charge in [0.05, 0.1) is 0 Å². The highest BCUT2D eigenvalue weighted by Crippen LogP contribution is 2.23. The second-order valence-electron chi connectivity index (χ2n) is 4.98. The van der Waals surface area contributed by atoms with E-state index in [1.165, 1.54) is 31.3 Å². The van der Waals surface area contributed by atoms with Crippen LogP contribution in [0.25, 0.3) is 0 Å². The summed E-state index contributed by atoms with van der Waals surface area (Å²) in [5.41, 5.74) is 2.84. The summed E-state index contributed by atoms with van der Waals surface area (Å²) < 4.78 is 0. The summed E-state index contributed by atoms with van der Waals surface area (Å²) in [6.45, 7) is 10.8.